The lowest BCUT2D eigenvalue weighted by molar-refractivity contribution is 0.000868. The maximum atomic E-state index is 5.50. The Kier molecular flexibility index (Phi) is 9.93. The summed E-state index contributed by atoms with van der Waals surface area (Å²) in [5, 5.41) is 0. The minimum absolute atomic E-state index is 0.587. The molecule has 4 nitrogen and oxygen atoms in total. The van der Waals surface area contributed by atoms with E-state index in [4.69, 9.17) is 18.9 Å². The molecule has 0 spiro atoms. The zero-order chi connectivity index (χ0) is 13.8. The van der Waals surface area contributed by atoms with Crippen molar-refractivity contribution in [2.75, 3.05) is 46.8 Å². The third kappa shape index (κ3) is 9.13. The molecule has 0 N–H and O–H groups in total. The lowest BCUT2D eigenvalue weighted by Crippen LogP contribution is -2.11. The lowest BCUT2D eigenvalue weighted by Gasteiger charge is -2.07. The lowest BCUT2D eigenvalue weighted by atomic mass is 10.2. The number of rotatable bonds is 11. The Hall–Kier alpha value is -0.460. The molecule has 0 atom stereocenters. The Morgan fingerprint density at radius 3 is 1.89 bits per heavy atom. The van der Waals surface area contributed by atoms with Crippen molar-refractivity contribution in [1.29, 1.82) is 0 Å². The Morgan fingerprint density at radius 1 is 0.789 bits per heavy atom. The summed E-state index contributed by atoms with van der Waals surface area (Å²) in [5.41, 5.74) is 1.16. The van der Waals surface area contributed by atoms with Crippen LogP contribution < -0.4 is 0 Å². The Balaban J connectivity index is 1.87. The molecule has 0 bridgehead atoms. The SMILES string of the molecule is COCCOCCOCCOCc1ccc(Br)cc1. The highest BCUT2D eigenvalue weighted by Gasteiger charge is 1.94. The average molecular weight is 333 g/mol. The van der Waals surface area contributed by atoms with E-state index in [2.05, 4.69) is 15.9 Å². The van der Waals surface area contributed by atoms with Gasteiger partial charge in [0, 0.05) is 11.6 Å². The van der Waals surface area contributed by atoms with Gasteiger partial charge < -0.3 is 18.9 Å². The van der Waals surface area contributed by atoms with Gasteiger partial charge in [0.15, 0.2) is 0 Å². The van der Waals surface area contributed by atoms with Crippen LogP contribution in [0.5, 0.6) is 0 Å². The summed E-state index contributed by atoms with van der Waals surface area (Å²) in [5.74, 6) is 0. The molecule has 0 aromatic heterocycles. The summed E-state index contributed by atoms with van der Waals surface area (Å²) in [6.45, 7) is 4.21. The van der Waals surface area contributed by atoms with Gasteiger partial charge in [0.05, 0.1) is 46.2 Å². The zero-order valence-corrected chi connectivity index (χ0v) is 12.9. The molecule has 0 saturated heterocycles. The van der Waals surface area contributed by atoms with E-state index in [1.165, 1.54) is 0 Å². The van der Waals surface area contributed by atoms with E-state index in [0.29, 0.717) is 46.2 Å². The summed E-state index contributed by atoms with van der Waals surface area (Å²) < 4.78 is 22.1. The van der Waals surface area contributed by atoms with Crippen LogP contribution in [0.3, 0.4) is 0 Å². The van der Waals surface area contributed by atoms with Crippen molar-refractivity contribution in [2.45, 2.75) is 6.61 Å². The monoisotopic (exact) mass is 332 g/mol. The highest BCUT2D eigenvalue weighted by molar-refractivity contribution is 9.10. The largest absolute Gasteiger partial charge is 0.382 e. The molecule has 0 aliphatic heterocycles. The molecule has 19 heavy (non-hydrogen) atoms. The van der Waals surface area contributed by atoms with Gasteiger partial charge in [-0.2, -0.15) is 0 Å². The van der Waals surface area contributed by atoms with E-state index in [9.17, 15) is 0 Å². The molecule has 1 aromatic carbocycles. The van der Waals surface area contributed by atoms with Gasteiger partial charge in [0.1, 0.15) is 0 Å². The van der Waals surface area contributed by atoms with Crippen LogP contribution in [0.1, 0.15) is 5.56 Å². The fourth-order valence-electron chi connectivity index (χ4n) is 1.35. The van der Waals surface area contributed by atoms with E-state index < -0.39 is 0 Å². The van der Waals surface area contributed by atoms with Crippen LogP contribution in [0.15, 0.2) is 28.7 Å². The van der Waals surface area contributed by atoms with Crippen LogP contribution in [0, 0.1) is 0 Å². The first kappa shape index (κ1) is 16.6. The van der Waals surface area contributed by atoms with Crippen LogP contribution in [-0.2, 0) is 25.6 Å². The summed E-state index contributed by atoms with van der Waals surface area (Å²) in [4.78, 5) is 0. The number of halogens is 1. The third-order valence-electron chi connectivity index (χ3n) is 2.36. The summed E-state index contributed by atoms with van der Waals surface area (Å²) in [7, 11) is 1.66. The van der Waals surface area contributed by atoms with Crippen LogP contribution in [0.2, 0.25) is 0 Å². The molecule has 0 unspecified atom stereocenters. The maximum Gasteiger partial charge on any atom is 0.0718 e. The molecule has 0 heterocycles. The highest BCUT2D eigenvalue weighted by atomic mass is 79.9. The quantitative estimate of drug-likeness (QED) is 0.584. The Morgan fingerprint density at radius 2 is 1.32 bits per heavy atom. The Labute approximate surface area is 123 Å². The molecular weight excluding hydrogens is 312 g/mol. The van der Waals surface area contributed by atoms with Gasteiger partial charge >= 0.3 is 0 Å². The van der Waals surface area contributed by atoms with Crippen LogP contribution in [0.25, 0.3) is 0 Å². The molecule has 0 aliphatic rings. The molecule has 0 amide bonds. The predicted molar refractivity (Wildman–Crippen MR) is 77.3 cm³/mol. The standard InChI is InChI=1S/C14H21BrO4/c1-16-6-7-17-8-9-18-10-11-19-12-13-2-4-14(15)5-3-13/h2-5H,6-12H2,1H3. The number of ether oxygens (including phenoxy) is 4. The van der Waals surface area contributed by atoms with Gasteiger partial charge in [0.2, 0.25) is 0 Å². The van der Waals surface area contributed by atoms with E-state index in [0.717, 1.165) is 10.0 Å². The minimum Gasteiger partial charge on any atom is -0.382 e. The van der Waals surface area contributed by atoms with E-state index in [1.807, 2.05) is 24.3 Å². The van der Waals surface area contributed by atoms with Gasteiger partial charge in [0.25, 0.3) is 0 Å². The molecule has 108 valence electrons. The first-order valence-corrected chi connectivity index (χ1v) is 7.09. The smallest absolute Gasteiger partial charge is 0.0718 e. The second-order valence-corrected chi connectivity index (χ2v) is 4.81. The predicted octanol–water partition coefficient (Wildman–Crippen LogP) is 2.65. The number of benzene rings is 1. The molecule has 5 heteroatoms. The molecular formula is C14H21BrO4. The first-order chi connectivity index (χ1) is 9.33. The normalized spacial score (nSPS) is 10.8. The van der Waals surface area contributed by atoms with Crippen LogP contribution in [0.4, 0.5) is 0 Å². The van der Waals surface area contributed by atoms with Crippen molar-refractivity contribution in [3.63, 3.8) is 0 Å². The molecule has 0 radical (unpaired) electrons. The van der Waals surface area contributed by atoms with Crippen molar-refractivity contribution in [3.05, 3.63) is 34.3 Å². The Bertz CT molecular complexity index is 316. The topological polar surface area (TPSA) is 36.9 Å². The van der Waals surface area contributed by atoms with Gasteiger partial charge in [-0.3, -0.25) is 0 Å². The van der Waals surface area contributed by atoms with Crippen molar-refractivity contribution < 1.29 is 18.9 Å². The van der Waals surface area contributed by atoms with Gasteiger partial charge in [-0.05, 0) is 17.7 Å². The molecule has 0 saturated carbocycles. The summed E-state index contributed by atoms with van der Waals surface area (Å²) in [6.07, 6.45) is 0. The first-order valence-electron chi connectivity index (χ1n) is 6.29. The van der Waals surface area contributed by atoms with Crippen molar-refractivity contribution >= 4 is 15.9 Å². The van der Waals surface area contributed by atoms with Gasteiger partial charge in [-0.1, -0.05) is 28.1 Å². The van der Waals surface area contributed by atoms with Gasteiger partial charge in [-0.25, -0.2) is 0 Å². The fraction of sp³-hybridized carbons (Fsp3) is 0.571. The summed E-state index contributed by atoms with van der Waals surface area (Å²) >= 11 is 3.40. The summed E-state index contributed by atoms with van der Waals surface area (Å²) in [6, 6.07) is 8.09. The fourth-order valence-corrected chi connectivity index (χ4v) is 1.62. The second-order valence-electron chi connectivity index (χ2n) is 3.90. The number of hydrogen-bond acceptors (Lipinski definition) is 4. The average Bonchev–Trinajstić information content (AvgIpc) is 2.43. The van der Waals surface area contributed by atoms with Crippen molar-refractivity contribution in [1.82, 2.24) is 0 Å². The van der Waals surface area contributed by atoms with E-state index >= 15 is 0 Å². The van der Waals surface area contributed by atoms with E-state index in [-0.39, 0.29) is 0 Å². The highest BCUT2D eigenvalue weighted by Crippen LogP contribution is 2.10. The van der Waals surface area contributed by atoms with Gasteiger partial charge in [-0.15, -0.1) is 0 Å². The second kappa shape index (κ2) is 11.4. The molecule has 1 aromatic rings. The van der Waals surface area contributed by atoms with Crippen molar-refractivity contribution in [3.8, 4) is 0 Å². The van der Waals surface area contributed by atoms with Crippen LogP contribution in [-0.4, -0.2) is 46.8 Å². The molecule has 0 aliphatic carbocycles. The third-order valence-corrected chi connectivity index (χ3v) is 2.89. The molecule has 1 rings (SSSR count). The van der Waals surface area contributed by atoms with E-state index in [1.54, 1.807) is 7.11 Å². The van der Waals surface area contributed by atoms with Crippen molar-refractivity contribution in [2.24, 2.45) is 0 Å². The number of hydrogen-bond donors (Lipinski definition) is 0. The minimum atomic E-state index is 0.587. The number of methoxy groups -OCH3 is 1. The van der Waals surface area contributed by atoms with Crippen LogP contribution >= 0.6 is 15.9 Å². The maximum absolute atomic E-state index is 5.50. The molecule has 0 fully saturated rings. The zero-order valence-electron chi connectivity index (χ0n) is 11.3.